The van der Waals surface area contributed by atoms with E-state index in [1.807, 2.05) is 49.4 Å². The zero-order valence-corrected chi connectivity index (χ0v) is 15.7. The van der Waals surface area contributed by atoms with E-state index < -0.39 is 10.0 Å². The van der Waals surface area contributed by atoms with Gasteiger partial charge in [-0.3, -0.25) is 0 Å². The van der Waals surface area contributed by atoms with Crippen LogP contribution in [0.4, 0.5) is 0 Å². The number of fused-ring (bicyclic) bond motifs is 1. The number of hydrogen-bond acceptors (Lipinski definition) is 4. The van der Waals surface area contributed by atoms with Gasteiger partial charge in [-0.05, 0) is 59.7 Å². The molecule has 0 spiro atoms. The average Bonchev–Trinajstić information content (AvgIpc) is 2.66. The van der Waals surface area contributed by atoms with E-state index in [1.165, 1.54) is 0 Å². The fourth-order valence-corrected chi connectivity index (χ4v) is 4.02. The van der Waals surface area contributed by atoms with Gasteiger partial charge < -0.3 is 9.47 Å². The molecular weight excluding hydrogens is 350 g/mol. The lowest BCUT2D eigenvalue weighted by Gasteiger charge is -2.15. The van der Waals surface area contributed by atoms with Gasteiger partial charge in [0.1, 0.15) is 11.5 Å². The SMILES string of the molecule is COc1ccc([C@H](C)NS(=O)(=O)c2ccc3cc(OC)ccc3c2)cc1. The molecule has 0 aliphatic heterocycles. The van der Waals surface area contributed by atoms with Crippen LogP contribution >= 0.6 is 0 Å². The zero-order chi connectivity index (χ0) is 18.7. The Morgan fingerprint density at radius 3 is 2.04 bits per heavy atom. The number of sulfonamides is 1. The van der Waals surface area contributed by atoms with Crippen LogP contribution in [0.2, 0.25) is 0 Å². The molecule has 0 saturated carbocycles. The summed E-state index contributed by atoms with van der Waals surface area (Å²) in [6.45, 7) is 1.81. The lowest BCUT2D eigenvalue weighted by Crippen LogP contribution is -2.26. The summed E-state index contributed by atoms with van der Waals surface area (Å²) in [4.78, 5) is 0.232. The van der Waals surface area contributed by atoms with Crippen molar-refractivity contribution in [2.24, 2.45) is 0 Å². The van der Waals surface area contributed by atoms with Crippen molar-refractivity contribution in [1.29, 1.82) is 0 Å². The molecular formula is C20H21NO4S. The van der Waals surface area contributed by atoms with Crippen molar-refractivity contribution in [1.82, 2.24) is 4.72 Å². The van der Waals surface area contributed by atoms with Crippen LogP contribution in [0.15, 0.2) is 65.6 Å². The van der Waals surface area contributed by atoms with Crippen molar-refractivity contribution in [3.05, 3.63) is 66.2 Å². The van der Waals surface area contributed by atoms with E-state index in [2.05, 4.69) is 4.72 Å². The second-order valence-corrected chi connectivity index (χ2v) is 7.71. The zero-order valence-electron chi connectivity index (χ0n) is 14.9. The predicted molar refractivity (Wildman–Crippen MR) is 102 cm³/mol. The van der Waals surface area contributed by atoms with E-state index in [4.69, 9.17) is 9.47 Å². The van der Waals surface area contributed by atoms with Gasteiger partial charge in [0.2, 0.25) is 10.0 Å². The summed E-state index contributed by atoms with van der Waals surface area (Å²) in [6, 6.07) is 17.5. The van der Waals surface area contributed by atoms with E-state index in [9.17, 15) is 8.42 Å². The van der Waals surface area contributed by atoms with Crippen molar-refractivity contribution < 1.29 is 17.9 Å². The van der Waals surface area contributed by atoms with Crippen LogP contribution in [0, 0.1) is 0 Å². The molecule has 1 N–H and O–H groups in total. The first-order valence-electron chi connectivity index (χ1n) is 8.17. The first-order valence-corrected chi connectivity index (χ1v) is 9.65. The largest absolute Gasteiger partial charge is 0.497 e. The Morgan fingerprint density at radius 1 is 0.808 bits per heavy atom. The Morgan fingerprint density at radius 2 is 1.38 bits per heavy atom. The molecule has 0 saturated heterocycles. The van der Waals surface area contributed by atoms with Gasteiger partial charge in [0.05, 0.1) is 19.1 Å². The molecule has 3 aromatic rings. The summed E-state index contributed by atoms with van der Waals surface area (Å²) in [5.41, 5.74) is 0.861. The molecule has 0 aromatic heterocycles. The van der Waals surface area contributed by atoms with Gasteiger partial charge in [0, 0.05) is 6.04 Å². The first-order chi connectivity index (χ1) is 12.4. The summed E-state index contributed by atoms with van der Waals surface area (Å²) in [7, 11) is -0.448. The molecule has 0 radical (unpaired) electrons. The lowest BCUT2D eigenvalue weighted by atomic mass is 10.1. The number of hydrogen-bond donors (Lipinski definition) is 1. The molecule has 0 amide bonds. The lowest BCUT2D eigenvalue weighted by molar-refractivity contribution is 0.414. The molecule has 26 heavy (non-hydrogen) atoms. The van der Waals surface area contributed by atoms with Gasteiger partial charge in [-0.1, -0.05) is 24.3 Å². The number of ether oxygens (including phenoxy) is 2. The molecule has 3 aromatic carbocycles. The van der Waals surface area contributed by atoms with Crippen molar-refractivity contribution in [2.45, 2.75) is 17.9 Å². The summed E-state index contributed by atoms with van der Waals surface area (Å²) >= 11 is 0. The standard InChI is InChI=1S/C20H21NO4S/c1-14(15-4-8-18(24-2)9-5-15)21-26(22,23)20-11-7-16-12-19(25-3)10-6-17(16)13-20/h4-14,21H,1-3H3/t14-/m0/s1. The first kappa shape index (κ1) is 18.2. The van der Waals surface area contributed by atoms with Crippen LogP contribution in [-0.2, 0) is 10.0 Å². The van der Waals surface area contributed by atoms with Crippen molar-refractivity contribution in [3.63, 3.8) is 0 Å². The minimum atomic E-state index is -3.64. The Labute approximate surface area is 153 Å². The third-order valence-electron chi connectivity index (χ3n) is 4.28. The highest BCUT2D eigenvalue weighted by atomic mass is 32.2. The third-order valence-corrected chi connectivity index (χ3v) is 5.82. The fourth-order valence-electron chi connectivity index (χ4n) is 2.76. The molecule has 3 rings (SSSR count). The molecule has 0 unspecified atom stereocenters. The molecule has 1 atom stereocenters. The molecule has 136 valence electrons. The van der Waals surface area contributed by atoms with Crippen LogP contribution in [0.3, 0.4) is 0 Å². The van der Waals surface area contributed by atoms with Gasteiger partial charge in [0.15, 0.2) is 0 Å². The number of methoxy groups -OCH3 is 2. The van der Waals surface area contributed by atoms with E-state index in [-0.39, 0.29) is 10.9 Å². The van der Waals surface area contributed by atoms with Crippen molar-refractivity contribution >= 4 is 20.8 Å². The quantitative estimate of drug-likeness (QED) is 0.714. The highest BCUT2D eigenvalue weighted by molar-refractivity contribution is 7.89. The van der Waals surface area contributed by atoms with E-state index in [0.29, 0.717) is 0 Å². The molecule has 6 heteroatoms. The summed E-state index contributed by atoms with van der Waals surface area (Å²) in [5.74, 6) is 1.47. The van der Waals surface area contributed by atoms with Gasteiger partial charge in [-0.2, -0.15) is 0 Å². The monoisotopic (exact) mass is 371 g/mol. The topological polar surface area (TPSA) is 64.6 Å². The van der Waals surface area contributed by atoms with Crippen LogP contribution < -0.4 is 14.2 Å². The third kappa shape index (κ3) is 3.81. The van der Waals surface area contributed by atoms with E-state index in [1.54, 1.807) is 32.4 Å². The summed E-state index contributed by atoms with van der Waals surface area (Å²) < 4.78 is 38.5. The maximum atomic E-state index is 12.7. The smallest absolute Gasteiger partial charge is 0.241 e. The summed E-state index contributed by atoms with van der Waals surface area (Å²) in [6.07, 6.45) is 0. The Balaban J connectivity index is 1.85. The van der Waals surface area contributed by atoms with Crippen molar-refractivity contribution in [2.75, 3.05) is 14.2 Å². The highest BCUT2D eigenvalue weighted by Gasteiger charge is 2.19. The molecule has 0 fully saturated rings. The molecule has 0 heterocycles. The molecule has 5 nitrogen and oxygen atoms in total. The average molecular weight is 371 g/mol. The molecule has 0 aliphatic rings. The number of nitrogens with one attached hydrogen (secondary N) is 1. The summed E-state index contributed by atoms with van der Waals surface area (Å²) in [5, 5.41) is 1.76. The minimum Gasteiger partial charge on any atom is -0.497 e. The van der Waals surface area contributed by atoms with Crippen LogP contribution in [0.5, 0.6) is 11.5 Å². The maximum absolute atomic E-state index is 12.7. The second-order valence-electron chi connectivity index (χ2n) is 5.99. The van der Waals surface area contributed by atoms with Gasteiger partial charge in [-0.15, -0.1) is 0 Å². The van der Waals surface area contributed by atoms with Gasteiger partial charge >= 0.3 is 0 Å². The predicted octanol–water partition coefficient (Wildman–Crippen LogP) is 3.90. The molecule has 0 aliphatic carbocycles. The minimum absolute atomic E-state index is 0.232. The number of rotatable bonds is 6. The maximum Gasteiger partial charge on any atom is 0.241 e. The molecule has 0 bridgehead atoms. The van der Waals surface area contributed by atoms with Crippen LogP contribution in [0.1, 0.15) is 18.5 Å². The Hall–Kier alpha value is -2.57. The van der Waals surface area contributed by atoms with Gasteiger partial charge in [-0.25, -0.2) is 13.1 Å². The fraction of sp³-hybridized carbons (Fsp3) is 0.200. The Bertz CT molecular complexity index is 1010. The number of benzene rings is 3. The van der Waals surface area contributed by atoms with Crippen LogP contribution in [0.25, 0.3) is 10.8 Å². The second kappa shape index (κ2) is 7.35. The van der Waals surface area contributed by atoms with E-state index in [0.717, 1.165) is 27.8 Å². The highest BCUT2D eigenvalue weighted by Crippen LogP contribution is 2.25. The van der Waals surface area contributed by atoms with E-state index >= 15 is 0 Å². The normalized spacial score (nSPS) is 12.7. The van der Waals surface area contributed by atoms with Crippen LogP contribution in [-0.4, -0.2) is 22.6 Å². The van der Waals surface area contributed by atoms with Crippen molar-refractivity contribution in [3.8, 4) is 11.5 Å². The van der Waals surface area contributed by atoms with Gasteiger partial charge in [0.25, 0.3) is 0 Å². The Kier molecular flexibility index (Phi) is 5.15.